The Morgan fingerprint density at radius 1 is 1.33 bits per heavy atom. The molecule has 0 aromatic heterocycles. The van der Waals surface area contributed by atoms with Crippen molar-refractivity contribution in [2.24, 2.45) is 11.8 Å². The minimum atomic E-state index is -0.840. The molecule has 1 aromatic carbocycles. The summed E-state index contributed by atoms with van der Waals surface area (Å²) in [6.45, 7) is 3.01. The van der Waals surface area contributed by atoms with E-state index >= 15 is 0 Å². The van der Waals surface area contributed by atoms with Crippen molar-refractivity contribution in [3.05, 3.63) is 29.8 Å². The third kappa shape index (κ3) is 3.65. The summed E-state index contributed by atoms with van der Waals surface area (Å²) in [7, 11) is 1.60. The van der Waals surface area contributed by atoms with E-state index < -0.39 is 11.9 Å². The zero-order chi connectivity index (χ0) is 15.4. The number of carbonyl (C=O) groups excluding carboxylic acids is 1. The molecule has 2 amide bonds. The first-order valence-corrected chi connectivity index (χ1v) is 6.89. The van der Waals surface area contributed by atoms with Crippen molar-refractivity contribution in [3.63, 3.8) is 0 Å². The highest BCUT2D eigenvalue weighted by molar-refractivity contribution is 5.77. The predicted molar refractivity (Wildman–Crippen MR) is 77.1 cm³/mol. The van der Waals surface area contributed by atoms with Gasteiger partial charge in [0.25, 0.3) is 0 Å². The number of nitrogens with one attached hydrogen (secondary N) is 1. The molecule has 6 nitrogen and oxygen atoms in total. The lowest BCUT2D eigenvalue weighted by atomic mass is 9.99. The highest BCUT2D eigenvalue weighted by Gasteiger charge is 2.36. The Morgan fingerprint density at radius 2 is 2.00 bits per heavy atom. The number of aliphatic carboxylic acids is 1. The molecule has 1 aliphatic rings. The molecule has 1 aromatic rings. The van der Waals surface area contributed by atoms with Crippen LogP contribution in [0.1, 0.15) is 12.5 Å². The highest BCUT2D eigenvalue weighted by Crippen LogP contribution is 2.23. The Morgan fingerprint density at radius 3 is 2.52 bits per heavy atom. The Balaban J connectivity index is 1.86. The van der Waals surface area contributed by atoms with Crippen LogP contribution < -0.4 is 10.1 Å². The number of methoxy groups -OCH3 is 1. The van der Waals surface area contributed by atoms with Gasteiger partial charge in [0.05, 0.1) is 13.0 Å². The number of amides is 2. The summed E-state index contributed by atoms with van der Waals surface area (Å²) in [4.78, 5) is 24.7. The summed E-state index contributed by atoms with van der Waals surface area (Å²) < 4.78 is 5.07. The third-order valence-electron chi connectivity index (χ3n) is 3.82. The molecule has 6 heteroatoms. The molecule has 1 fully saturated rings. The lowest BCUT2D eigenvalue weighted by molar-refractivity contribution is -0.142. The Labute approximate surface area is 123 Å². The highest BCUT2D eigenvalue weighted by atomic mass is 16.5. The molecule has 1 saturated heterocycles. The molecule has 114 valence electrons. The number of nitrogens with zero attached hydrogens (tertiary/aromatic N) is 1. The molecular weight excluding hydrogens is 272 g/mol. The second-order valence-corrected chi connectivity index (χ2v) is 5.33. The van der Waals surface area contributed by atoms with E-state index in [1.165, 1.54) is 0 Å². The Hall–Kier alpha value is -2.24. The van der Waals surface area contributed by atoms with Crippen molar-refractivity contribution in [1.29, 1.82) is 0 Å². The monoisotopic (exact) mass is 292 g/mol. The van der Waals surface area contributed by atoms with Crippen LogP contribution in [0.2, 0.25) is 0 Å². The van der Waals surface area contributed by atoms with E-state index in [9.17, 15) is 9.59 Å². The topological polar surface area (TPSA) is 78.9 Å². The molecular formula is C15H20N2O4. The maximum absolute atomic E-state index is 12.1. The number of carbonyl (C=O) groups is 2. The minimum absolute atomic E-state index is 0.0192. The SMILES string of the molecule is COc1ccc(CNC(=O)N2CC(C)C(C(=O)O)C2)cc1. The number of urea groups is 1. The van der Waals surface area contributed by atoms with Gasteiger partial charge in [-0.25, -0.2) is 4.79 Å². The normalized spacial score (nSPS) is 21.1. The van der Waals surface area contributed by atoms with Crippen molar-refractivity contribution in [2.45, 2.75) is 13.5 Å². The summed E-state index contributed by atoms with van der Waals surface area (Å²) in [5, 5.41) is 11.9. The molecule has 0 saturated carbocycles. The molecule has 0 bridgehead atoms. The predicted octanol–water partition coefficient (Wildman–Crippen LogP) is 1.56. The maximum Gasteiger partial charge on any atom is 0.317 e. The van der Waals surface area contributed by atoms with E-state index in [1.807, 2.05) is 31.2 Å². The summed E-state index contributed by atoms with van der Waals surface area (Å²) in [5.74, 6) is -0.568. The van der Waals surface area contributed by atoms with Crippen LogP contribution in [0.5, 0.6) is 5.75 Å². The number of carboxylic acids is 1. The van der Waals surface area contributed by atoms with Crippen molar-refractivity contribution >= 4 is 12.0 Å². The molecule has 2 rings (SSSR count). The van der Waals surface area contributed by atoms with Crippen LogP contribution in [0, 0.1) is 11.8 Å². The van der Waals surface area contributed by atoms with E-state index in [4.69, 9.17) is 9.84 Å². The molecule has 0 spiro atoms. The molecule has 2 unspecified atom stereocenters. The van der Waals surface area contributed by atoms with Gasteiger partial charge >= 0.3 is 12.0 Å². The minimum Gasteiger partial charge on any atom is -0.497 e. The molecule has 2 atom stereocenters. The van der Waals surface area contributed by atoms with E-state index in [1.54, 1.807) is 12.0 Å². The fourth-order valence-corrected chi connectivity index (χ4v) is 2.49. The summed E-state index contributed by atoms with van der Waals surface area (Å²) in [6.07, 6.45) is 0. The van der Waals surface area contributed by atoms with Crippen LogP contribution in [0.15, 0.2) is 24.3 Å². The fraction of sp³-hybridized carbons (Fsp3) is 0.467. The first-order valence-electron chi connectivity index (χ1n) is 6.89. The molecule has 1 heterocycles. The van der Waals surface area contributed by atoms with Gasteiger partial charge in [0.15, 0.2) is 0 Å². The van der Waals surface area contributed by atoms with Gasteiger partial charge in [-0.1, -0.05) is 19.1 Å². The van der Waals surface area contributed by atoms with E-state index in [-0.39, 0.29) is 18.5 Å². The Kier molecular flexibility index (Phi) is 4.67. The zero-order valence-electron chi connectivity index (χ0n) is 12.2. The van der Waals surface area contributed by atoms with Gasteiger partial charge in [-0.3, -0.25) is 4.79 Å². The van der Waals surface area contributed by atoms with Gasteiger partial charge in [0.2, 0.25) is 0 Å². The van der Waals surface area contributed by atoms with Gasteiger partial charge in [-0.2, -0.15) is 0 Å². The van der Waals surface area contributed by atoms with Crippen molar-refractivity contribution in [2.75, 3.05) is 20.2 Å². The van der Waals surface area contributed by atoms with E-state index in [0.717, 1.165) is 11.3 Å². The summed E-state index contributed by atoms with van der Waals surface area (Å²) in [5.41, 5.74) is 0.964. The van der Waals surface area contributed by atoms with Crippen LogP contribution >= 0.6 is 0 Å². The average molecular weight is 292 g/mol. The Bertz CT molecular complexity index is 515. The lowest BCUT2D eigenvalue weighted by Gasteiger charge is -2.17. The second kappa shape index (κ2) is 6.47. The van der Waals surface area contributed by atoms with Gasteiger partial charge in [-0.15, -0.1) is 0 Å². The number of hydrogen-bond donors (Lipinski definition) is 2. The van der Waals surface area contributed by atoms with Crippen LogP contribution in [0.4, 0.5) is 4.79 Å². The second-order valence-electron chi connectivity index (χ2n) is 5.33. The van der Waals surface area contributed by atoms with Gasteiger partial charge < -0.3 is 20.1 Å². The van der Waals surface area contributed by atoms with E-state index in [2.05, 4.69) is 5.32 Å². The fourth-order valence-electron chi connectivity index (χ4n) is 2.49. The summed E-state index contributed by atoms with van der Waals surface area (Å²) >= 11 is 0. The van der Waals surface area contributed by atoms with Gasteiger partial charge in [0, 0.05) is 19.6 Å². The summed E-state index contributed by atoms with van der Waals surface area (Å²) in [6, 6.07) is 7.21. The van der Waals surface area contributed by atoms with Crippen LogP contribution in [0.3, 0.4) is 0 Å². The van der Waals surface area contributed by atoms with Crippen LogP contribution in [-0.4, -0.2) is 42.2 Å². The van der Waals surface area contributed by atoms with Gasteiger partial charge in [0.1, 0.15) is 5.75 Å². The van der Waals surface area contributed by atoms with Crippen molar-refractivity contribution < 1.29 is 19.4 Å². The van der Waals surface area contributed by atoms with Crippen molar-refractivity contribution in [3.8, 4) is 5.75 Å². The van der Waals surface area contributed by atoms with E-state index in [0.29, 0.717) is 13.1 Å². The number of benzene rings is 1. The molecule has 0 radical (unpaired) electrons. The maximum atomic E-state index is 12.1. The van der Waals surface area contributed by atoms with Crippen LogP contribution in [-0.2, 0) is 11.3 Å². The molecule has 2 N–H and O–H groups in total. The van der Waals surface area contributed by atoms with Crippen molar-refractivity contribution in [1.82, 2.24) is 10.2 Å². The third-order valence-corrected chi connectivity index (χ3v) is 3.82. The molecule has 1 aliphatic heterocycles. The zero-order valence-corrected chi connectivity index (χ0v) is 12.2. The first kappa shape index (κ1) is 15.2. The van der Waals surface area contributed by atoms with Crippen LogP contribution in [0.25, 0.3) is 0 Å². The number of rotatable bonds is 4. The lowest BCUT2D eigenvalue weighted by Crippen LogP contribution is -2.38. The number of likely N-dealkylation sites (tertiary alicyclic amines) is 1. The average Bonchev–Trinajstić information content (AvgIpc) is 2.87. The number of carboxylic acid groups (broad SMARTS) is 1. The standard InChI is InChI=1S/C15H20N2O4/c1-10-8-17(9-13(10)14(18)19)15(20)16-7-11-3-5-12(21-2)6-4-11/h3-6,10,13H,7-9H2,1-2H3,(H,16,20)(H,18,19). The number of ether oxygens (including phenoxy) is 1. The molecule has 0 aliphatic carbocycles. The quantitative estimate of drug-likeness (QED) is 0.882. The van der Waals surface area contributed by atoms with Gasteiger partial charge in [-0.05, 0) is 23.6 Å². The number of hydrogen-bond acceptors (Lipinski definition) is 3. The molecule has 21 heavy (non-hydrogen) atoms. The smallest absolute Gasteiger partial charge is 0.317 e. The largest absolute Gasteiger partial charge is 0.497 e. The first-order chi connectivity index (χ1) is 10.0.